The minimum atomic E-state index is -0.510. The molecule has 0 bridgehead atoms. The maximum absolute atomic E-state index is 13.7. The molecule has 11 heteroatoms. The molecule has 1 unspecified atom stereocenters. The first-order valence-corrected chi connectivity index (χ1v) is 13.2. The lowest BCUT2D eigenvalue weighted by Crippen LogP contribution is -2.26. The summed E-state index contributed by atoms with van der Waals surface area (Å²) >= 11 is 9.64. The molecule has 190 valence electrons. The lowest BCUT2D eigenvalue weighted by Gasteiger charge is -2.24. The van der Waals surface area contributed by atoms with Crippen LogP contribution in [-0.2, 0) is 0 Å². The van der Waals surface area contributed by atoms with E-state index in [-0.39, 0.29) is 11.1 Å². The van der Waals surface area contributed by atoms with Crippen LogP contribution in [0.15, 0.2) is 47.2 Å². The maximum Gasteiger partial charge on any atom is 0.141 e. The number of benzene rings is 2. The first kappa shape index (κ1) is 25.4. The second kappa shape index (κ2) is 11.0. The number of fused-ring (bicyclic) bond motifs is 1. The zero-order valence-electron chi connectivity index (χ0n) is 20.1. The number of aromatic nitrogens is 4. The summed E-state index contributed by atoms with van der Waals surface area (Å²) in [4.78, 5) is 6.91. The lowest BCUT2D eigenvalue weighted by atomic mass is 10.0. The first-order valence-electron chi connectivity index (χ1n) is 12.0. The molecule has 1 aliphatic rings. The summed E-state index contributed by atoms with van der Waals surface area (Å²) in [5, 5.41) is 28.5. The van der Waals surface area contributed by atoms with Gasteiger partial charge in [0, 0.05) is 33.5 Å². The van der Waals surface area contributed by atoms with Crippen LogP contribution in [0.4, 0.5) is 21.5 Å². The largest absolute Gasteiger partial charge is 0.376 e. The Labute approximate surface area is 227 Å². The predicted molar refractivity (Wildman–Crippen MR) is 146 cm³/mol. The average molecular weight is 584 g/mol. The van der Waals surface area contributed by atoms with Gasteiger partial charge in [0.1, 0.15) is 17.6 Å². The summed E-state index contributed by atoms with van der Waals surface area (Å²) in [6.07, 6.45) is 7.61. The van der Waals surface area contributed by atoms with Crippen molar-refractivity contribution in [1.29, 1.82) is 5.26 Å². The Morgan fingerprint density at radius 2 is 2.16 bits per heavy atom. The summed E-state index contributed by atoms with van der Waals surface area (Å²) in [6, 6.07) is 11.0. The Hall–Kier alpha value is -3.26. The predicted octanol–water partition coefficient (Wildman–Crippen LogP) is 6.55. The van der Waals surface area contributed by atoms with Crippen molar-refractivity contribution >= 4 is 55.5 Å². The zero-order valence-corrected chi connectivity index (χ0v) is 22.4. The van der Waals surface area contributed by atoms with E-state index in [2.05, 4.69) is 65.0 Å². The van der Waals surface area contributed by atoms with Crippen molar-refractivity contribution in [1.82, 2.24) is 25.3 Å². The highest BCUT2D eigenvalue weighted by Gasteiger charge is 2.24. The quantitative estimate of drug-likeness (QED) is 0.216. The van der Waals surface area contributed by atoms with Crippen LogP contribution in [-0.4, -0.2) is 44.9 Å². The van der Waals surface area contributed by atoms with Gasteiger partial charge in [0.15, 0.2) is 0 Å². The van der Waals surface area contributed by atoms with Gasteiger partial charge in [-0.05, 0) is 85.5 Å². The number of nitrogens with zero attached hydrogens (tertiary/aromatic N) is 5. The fourth-order valence-corrected chi connectivity index (χ4v) is 5.60. The van der Waals surface area contributed by atoms with E-state index >= 15 is 0 Å². The average Bonchev–Trinajstić information content (AvgIpc) is 3.56. The number of pyridine rings is 1. The van der Waals surface area contributed by atoms with Gasteiger partial charge in [-0.1, -0.05) is 11.6 Å². The topological polar surface area (TPSA) is 106 Å². The first-order chi connectivity index (χ1) is 17.9. The molecule has 0 saturated carbocycles. The third-order valence-corrected chi connectivity index (χ3v) is 7.72. The van der Waals surface area contributed by atoms with E-state index in [9.17, 15) is 9.65 Å². The molecule has 0 spiro atoms. The zero-order chi connectivity index (χ0) is 25.9. The monoisotopic (exact) mass is 582 g/mol. The Morgan fingerprint density at radius 3 is 2.86 bits per heavy atom. The Morgan fingerprint density at radius 1 is 1.30 bits per heavy atom. The molecule has 37 heavy (non-hydrogen) atoms. The van der Waals surface area contributed by atoms with Crippen LogP contribution in [0.25, 0.3) is 10.9 Å². The maximum atomic E-state index is 13.7. The van der Waals surface area contributed by atoms with Crippen molar-refractivity contribution in [2.45, 2.75) is 37.8 Å². The number of halogens is 3. The number of nitrogens with one attached hydrogen (secondary N) is 3. The summed E-state index contributed by atoms with van der Waals surface area (Å²) in [5.41, 5.74) is 3.83. The van der Waals surface area contributed by atoms with Crippen LogP contribution < -0.4 is 10.6 Å². The molecule has 0 aliphatic carbocycles. The molecule has 8 nitrogen and oxygen atoms in total. The summed E-state index contributed by atoms with van der Waals surface area (Å²) in [5.74, 6) is -0.510. The number of nitriles is 1. The number of aromatic amines is 1. The van der Waals surface area contributed by atoms with Gasteiger partial charge in [0.25, 0.3) is 0 Å². The molecule has 1 fully saturated rings. The molecule has 3 N–H and O–H groups in total. The van der Waals surface area contributed by atoms with E-state index in [1.807, 2.05) is 12.1 Å². The number of hydrogen-bond acceptors (Lipinski definition) is 7. The summed E-state index contributed by atoms with van der Waals surface area (Å²) in [6.45, 7) is 1.13. The fraction of sp³-hybridized carbons (Fsp3) is 0.308. The van der Waals surface area contributed by atoms with Crippen LogP contribution >= 0.6 is 27.5 Å². The normalized spacial score (nSPS) is 16.6. The minimum Gasteiger partial charge on any atom is -0.376 e. The molecule has 2 atom stereocenters. The van der Waals surface area contributed by atoms with E-state index in [0.717, 1.165) is 40.6 Å². The van der Waals surface area contributed by atoms with Gasteiger partial charge in [-0.15, -0.1) is 0 Å². The van der Waals surface area contributed by atoms with E-state index in [0.29, 0.717) is 28.5 Å². The molecule has 3 heterocycles. The van der Waals surface area contributed by atoms with Crippen molar-refractivity contribution in [3.63, 3.8) is 0 Å². The molecule has 1 aliphatic heterocycles. The minimum absolute atomic E-state index is 0.00577. The highest BCUT2D eigenvalue weighted by Crippen LogP contribution is 2.37. The van der Waals surface area contributed by atoms with Crippen LogP contribution in [0.3, 0.4) is 0 Å². The Balaban J connectivity index is 1.49. The van der Waals surface area contributed by atoms with Crippen molar-refractivity contribution in [2.75, 3.05) is 24.2 Å². The van der Waals surface area contributed by atoms with Gasteiger partial charge in [-0.2, -0.15) is 20.7 Å². The number of hydrogen-bond donors (Lipinski definition) is 3. The molecule has 5 rings (SSSR count). The molecule has 2 aromatic heterocycles. The van der Waals surface area contributed by atoms with Crippen molar-refractivity contribution in [2.24, 2.45) is 0 Å². The van der Waals surface area contributed by atoms with Crippen molar-refractivity contribution < 1.29 is 4.39 Å². The van der Waals surface area contributed by atoms with E-state index in [1.54, 1.807) is 12.3 Å². The number of likely N-dealkylation sites (tertiary alicyclic amines) is 1. The summed E-state index contributed by atoms with van der Waals surface area (Å²) < 4.78 is 14.5. The molecule has 2 aromatic carbocycles. The van der Waals surface area contributed by atoms with Gasteiger partial charge in [-0.3, -0.25) is 4.98 Å². The highest BCUT2D eigenvalue weighted by atomic mass is 79.9. The SMILES string of the molecule is CN1CCC[C@@H]1CCC(Nc1cc(Br)c2ncc(C#N)c(Nc3ccc(F)c(Cl)c3)c2c1)c1cn[nH]n1. The molecule has 0 amide bonds. The van der Waals surface area contributed by atoms with E-state index in [1.165, 1.54) is 31.2 Å². The molecular weight excluding hydrogens is 559 g/mol. The third kappa shape index (κ3) is 5.54. The molecule has 1 saturated heterocycles. The van der Waals surface area contributed by atoms with Crippen molar-refractivity contribution in [3.8, 4) is 6.07 Å². The molecular formula is C26H25BrClFN8. The van der Waals surface area contributed by atoms with Crippen LogP contribution in [0.5, 0.6) is 0 Å². The number of anilines is 3. The fourth-order valence-electron chi connectivity index (χ4n) is 4.86. The highest BCUT2D eigenvalue weighted by molar-refractivity contribution is 9.10. The Bertz CT molecular complexity index is 1460. The van der Waals surface area contributed by atoms with Crippen LogP contribution in [0, 0.1) is 17.1 Å². The smallest absolute Gasteiger partial charge is 0.141 e. The lowest BCUT2D eigenvalue weighted by molar-refractivity contribution is 0.288. The Kier molecular flexibility index (Phi) is 7.55. The van der Waals surface area contributed by atoms with Gasteiger partial charge < -0.3 is 15.5 Å². The van der Waals surface area contributed by atoms with E-state index in [4.69, 9.17) is 11.6 Å². The van der Waals surface area contributed by atoms with Gasteiger partial charge in [0.2, 0.25) is 0 Å². The van der Waals surface area contributed by atoms with Gasteiger partial charge >= 0.3 is 0 Å². The standard InChI is InChI=1S/C26H25BrClFN8/c1-37-8-2-3-18(37)5-7-23(24-14-32-36-35-24)33-17-9-19-25(34-16-4-6-22(29)21(28)11-16)15(12-30)13-31-26(19)20(27)10-17/h4,6,9-11,13-14,18,23,33H,2-3,5,7-8H2,1H3,(H,31,34)(H,32,35,36)/t18-,23?/m1/s1. The number of rotatable bonds is 8. The van der Waals surface area contributed by atoms with Crippen molar-refractivity contribution in [3.05, 3.63) is 69.3 Å². The van der Waals surface area contributed by atoms with Gasteiger partial charge in [0.05, 0.1) is 34.0 Å². The number of H-pyrrole nitrogens is 1. The molecule has 4 aromatic rings. The van der Waals surface area contributed by atoms with Crippen LogP contribution in [0.2, 0.25) is 5.02 Å². The summed E-state index contributed by atoms with van der Waals surface area (Å²) in [7, 11) is 2.18. The van der Waals surface area contributed by atoms with E-state index < -0.39 is 5.82 Å². The van der Waals surface area contributed by atoms with Gasteiger partial charge in [-0.25, -0.2) is 4.39 Å². The third-order valence-electron chi connectivity index (χ3n) is 6.83. The second-order valence-corrected chi connectivity index (χ2v) is 10.5. The second-order valence-electron chi connectivity index (χ2n) is 9.21. The molecule has 0 radical (unpaired) electrons. The van der Waals surface area contributed by atoms with Crippen LogP contribution in [0.1, 0.15) is 43.0 Å².